The van der Waals surface area contributed by atoms with Crippen LogP contribution in [0.3, 0.4) is 0 Å². The zero-order chi connectivity index (χ0) is 16.4. The summed E-state index contributed by atoms with van der Waals surface area (Å²) in [6.07, 6.45) is 0.460. The van der Waals surface area contributed by atoms with E-state index < -0.39 is 21.5 Å². The van der Waals surface area contributed by atoms with Gasteiger partial charge >= 0.3 is 5.97 Å². The molecule has 0 bridgehead atoms. The fraction of sp³-hybridized carbons (Fsp3) is 0.500. The van der Waals surface area contributed by atoms with E-state index in [0.717, 1.165) is 4.31 Å². The second kappa shape index (κ2) is 6.13. The normalized spacial score (nSPS) is 12.7. The molecule has 1 aromatic carbocycles. The maximum absolute atomic E-state index is 12.7. The first-order chi connectivity index (χ1) is 9.57. The molecule has 0 aliphatic carbocycles. The van der Waals surface area contributed by atoms with Crippen LogP contribution in [0.1, 0.15) is 36.7 Å². The fourth-order valence-corrected chi connectivity index (χ4v) is 3.62. The number of hydrogen-bond donors (Lipinski definition) is 2. The first-order valence-electron chi connectivity index (χ1n) is 6.54. The first-order valence-corrected chi connectivity index (χ1v) is 7.98. The summed E-state index contributed by atoms with van der Waals surface area (Å²) in [7, 11) is -2.52. The topological polar surface area (TPSA) is 94.9 Å². The van der Waals surface area contributed by atoms with Crippen LogP contribution in [0.4, 0.5) is 0 Å². The molecular formula is C14H21NO5S. The number of aromatic carboxylic acids is 1. The Hall–Kier alpha value is -1.44. The largest absolute Gasteiger partial charge is 0.478 e. The Morgan fingerprint density at radius 1 is 1.33 bits per heavy atom. The smallest absolute Gasteiger partial charge is 0.335 e. The average Bonchev–Trinajstić information content (AvgIpc) is 2.45. The van der Waals surface area contributed by atoms with Crippen LogP contribution < -0.4 is 0 Å². The quantitative estimate of drug-likeness (QED) is 0.826. The van der Waals surface area contributed by atoms with Crippen molar-refractivity contribution in [2.24, 2.45) is 0 Å². The molecule has 0 radical (unpaired) electrons. The Bertz CT molecular complexity index is 637. The Morgan fingerprint density at radius 2 is 1.90 bits per heavy atom. The molecule has 0 aliphatic heterocycles. The molecule has 118 valence electrons. The maximum atomic E-state index is 12.7. The number of sulfonamides is 1. The van der Waals surface area contributed by atoms with Crippen molar-refractivity contribution in [1.82, 2.24) is 4.31 Å². The highest BCUT2D eigenvalue weighted by Crippen LogP contribution is 2.26. The van der Waals surface area contributed by atoms with Gasteiger partial charge in [-0.25, -0.2) is 13.2 Å². The second-order valence-electron chi connectivity index (χ2n) is 5.42. The van der Waals surface area contributed by atoms with Gasteiger partial charge in [0.15, 0.2) is 0 Å². The Morgan fingerprint density at radius 3 is 2.33 bits per heavy atom. The summed E-state index contributed by atoms with van der Waals surface area (Å²) in [6, 6.07) is 4.06. The van der Waals surface area contributed by atoms with Crippen molar-refractivity contribution in [3.63, 3.8) is 0 Å². The molecule has 0 amide bonds. The van der Waals surface area contributed by atoms with E-state index in [4.69, 9.17) is 5.11 Å². The van der Waals surface area contributed by atoms with Crippen LogP contribution in [-0.2, 0) is 16.4 Å². The third kappa shape index (κ3) is 3.42. The standard InChI is InChI=1S/C14H21NO5S/c1-5-10-6-7-11(13(17)18)8-12(10)21(19,20)15(4)14(2,3)9-16/h6-8,16H,5,9H2,1-4H3,(H,17,18). The fourth-order valence-electron chi connectivity index (χ4n) is 1.79. The highest BCUT2D eigenvalue weighted by atomic mass is 32.2. The van der Waals surface area contributed by atoms with Crippen LogP contribution in [-0.4, -0.2) is 48.1 Å². The van der Waals surface area contributed by atoms with Crippen molar-refractivity contribution in [1.29, 1.82) is 0 Å². The highest BCUT2D eigenvalue weighted by molar-refractivity contribution is 7.89. The van der Waals surface area contributed by atoms with Gasteiger partial charge in [0.05, 0.1) is 22.6 Å². The molecule has 6 nitrogen and oxygen atoms in total. The van der Waals surface area contributed by atoms with E-state index in [2.05, 4.69) is 0 Å². The van der Waals surface area contributed by atoms with Crippen molar-refractivity contribution in [2.75, 3.05) is 13.7 Å². The lowest BCUT2D eigenvalue weighted by molar-refractivity contribution is 0.0696. The zero-order valence-corrected chi connectivity index (χ0v) is 13.4. The van der Waals surface area contributed by atoms with Crippen molar-refractivity contribution in [3.8, 4) is 0 Å². The lowest BCUT2D eigenvalue weighted by Gasteiger charge is -2.33. The molecule has 0 spiro atoms. The Balaban J connectivity index is 3.49. The van der Waals surface area contributed by atoms with Gasteiger partial charge in [-0.3, -0.25) is 0 Å². The van der Waals surface area contributed by atoms with Crippen LogP contribution in [0.5, 0.6) is 0 Å². The van der Waals surface area contributed by atoms with E-state index in [-0.39, 0.29) is 17.1 Å². The van der Waals surface area contributed by atoms with Crippen molar-refractivity contribution in [3.05, 3.63) is 29.3 Å². The molecule has 0 heterocycles. The predicted octanol–water partition coefficient (Wildman–Crippen LogP) is 1.34. The van der Waals surface area contributed by atoms with Gasteiger partial charge in [-0.05, 0) is 38.0 Å². The van der Waals surface area contributed by atoms with Crippen LogP contribution in [0.25, 0.3) is 0 Å². The third-order valence-corrected chi connectivity index (χ3v) is 5.72. The van der Waals surface area contributed by atoms with Crippen molar-refractivity contribution in [2.45, 2.75) is 37.6 Å². The van der Waals surface area contributed by atoms with Gasteiger partial charge in [0.1, 0.15) is 0 Å². The molecule has 0 saturated carbocycles. The summed E-state index contributed by atoms with van der Waals surface area (Å²) in [5.41, 5.74) is -0.523. The van der Waals surface area contributed by atoms with E-state index >= 15 is 0 Å². The van der Waals surface area contributed by atoms with E-state index in [1.165, 1.54) is 25.2 Å². The molecule has 0 atom stereocenters. The molecule has 2 N–H and O–H groups in total. The lowest BCUT2D eigenvalue weighted by atomic mass is 10.1. The van der Waals surface area contributed by atoms with E-state index in [1.54, 1.807) is 20.8 Å². The number of aryl methyl sites for hydroxylation is 1. The van der Waals surface area contributed by atoms with Crippen LogP contribution >= 0.6 is 0 Å². The average molecular weight is 315 g/mol. The number of rotatable bonds is 6. The summed E-state index contributed by atoms with van der Waals surface area (Å²) in [5.74, 6) is -1.18. The summed E-state index contributed by atoms with van der Waals surface area (Å²) in [5, 5.41) is 18.4. The number of benzene rings is 1. The third-order valence-electron chi connectivity index (χ3n) is 3.57. The molecule has 0 aromatic heterocycles. The summed E-state index contributed by atoms with van der Waals surface area (Å²) < 4.78 is 26.5. The molecular weight excluding hydrogens is 294 g/mol. The molecule has 0 saturated heterocycles. The number of aliphatic hydroxyl groups is 1. The highest BCUT2D eigenvalue weighted by Gasteiger charge is 2.35. The van der Waals surface area contributed by atoms with Gasteiger partial charge in [0.25, 0.3) is 0 Å². The van der Waals surface area contributed by atoms with Gasteiger partial charge in [-0.15, -0.1) is 0 Å². The monoisotopic (exact) mass is 315 g/mol. The van der Waals surface area contributed by atoms with Gasteiger partial charge in [-0.1, -0.05) is 13.0 Å². The maximum Gasteiger partial charge on any atom is 0.335 e. The van der Waals surface area contributed by atoms with Crippen LogP contribution in [0.2, 0.25) is 0 Å². The second-order valence-corrected chi connectivity index (χ2v) is 7.36. The molecule has 1 rings (SSSR count). The van der Waals surface area contributed by atoms with Crippen LogP contribution in [0, 0.1) is 0 Å². The SMILES string of the molecule is CCc1ccc(C(=O)O)cc1S(=O)(=O)N(C)C(C)(C)CO. The number of carboxylic acid groups (broad SMARTS) is 1. The number of carboxylic acids is 1. The van der Waals surface area contributed by atoms with Gasteiger partial charge in [0.2, 0.25) is 10.0 Å². The van der Waals surface area contributed by atoms with Gasteiger partial charge in [-0.2, -0.15) is 4.31 Å². The summed E-state index contributed by atoms with van der Waals surface area (Å²) in [6.45, 7) is 4.64. The molecule has 0 fully saturated rings. The summed E-state index contributed by atoms with van der Waals surface area (Å²) >= 11 is 0. The predicted molar refractivity (Wildman–Crippen MR) is 78.9 cm³/mol. The summed E-state index contributed by atoms with van der Waals surface area (Å²) in [4.78, 5) is 11.0. The minimum Gasteiger partial charge on any atom is -0.478 e. The molecule has 1 aromatic rings. The minimum atomic E-state index is -3.90. The first kappa shape index (κ1) is 17.6. The number of aliphatic hydroxyl groups excluding tert-OH is 1. The lowest BCUT2D eigenvalue weighted by Crippen LogP contribution is -2.47. The molecule has 7 heteroatoms. The number of likely N-dealkylation sites (N-methyl/N-ethyl adjacent to an activating group) is 1. The Kier molecular flexibility index (Phi) is 5.14. The zero-order valence-electron chi connectivity index (χ0n) is 12.6. The van der Waals surface area contributed by atoms with E-state index in [9.17, 15) is 18.3 Å². The van der Waals surface area contributed by atoms with E-state index in [1.807, 2.05) is 0 Å². The van der Waals surface area contributed by atoms with E-state index in [0.29, 0.717) is 12.0 Å². The number of nitrogens with zero attached hydrogens (tertiary/aromatic N) is 1. The van der Waals surface area contributed by atoms with Crippen molar-refractivity contribution >= 4 is 16.0 Å². The molecule has 0 unspecified atom stereocenters. The van der Waals surface area contributed by atoms with Crippen molar-refractivity contribution < 1.29 is 23.4 Å². The number of hydrogen-bond acceptors (Lipinski definition) is 4. The molecule has 21 heavy (non-hydrogen) atoms. The minimum absolute atomic E-state index is 0.0334. The van der Waals surface area contributed by atoms with Gasteiger partial charge < -0.3 is 10.2 Å². The Labute approximate surface area is 125 Å². The van der Waals surface area contributed by atoms with Gasteiger partial charge in [0, 0.05) is 7.05 Å². The molecule has 0 aliphatic rings. The number of carbonyl (C=O) groups is 1. The van der Waals surface area contributed by atoms with Crippen LogP contribution in [0.15, 0.2) is 23.1 Å².